The summed E-state index contributed by atoms with van der Waals surface area (Å²) in [6.45, 7) is 2.43. The van der Waals surface area contributed by atoms with E-state index in [2.05, 4.69) is 10.3 Å². The van der Waals surface area contributed by atoms with Crippen LogP contribution in [0.1, 0.15) is 6.92 Å². The lowest BCUT2D eigenvalue weighted by molar-refractivity contribution is -0.118. The van der Waals surface area contributed by atoms with Crippen LogP contribution >= 0.6 is 23.1 Å². The zero-order valence-corrected chi connectivity index (χ0v) is 15.0. The summed E-state index contributed by atoms with van der Waals surface area (Å²) < 4.78 is 1.63. The van der Waals surface area contributed by atoms with Crippen LogP contribution in [0.2, 0.25) is 0 Å². The van der Waals surface area contributed by atoms with Crippen LogP contribution < -0.4 is 10.9 Å². The zero-order valence-electron chi connectivity index (χ0n) is 13.4. The first-order valence-corrected chi connectivity index (χ1v) is 9.43. The second kappa shape index (κ2) is 7.19. The van der Waals surface area contributed by atoms with Gasteiger partial charge in [-0.1, -0.05) is 42.1 Å². The molecule has 0 spiro atoms. The third kappa shape index (κ3) is 3.09. The Morgan fingerprint density at radius 2 is 2.08 bits per heavy atom. The first-order valence-electron chi connectivity index (χ1n) is 7.56. The van der Waals surface area contributed by atoms with Crippen molar-refractivity contribution in [3.63, 3.8) is 0 Å². The molecule has 2 aromatic heterocycles. The van der Waals surface area contributed by atoms with Gasteiger partial charge < -0.3 is 5.32 Å². The Labute approximate surface area is 147 Å². The fourth-order valence-electron chi connectivity index (χ4n) is 2.43. The van der Waals surface area contributed by atoms with Gasteiger partial charge in [0.1, 0.15) is 4.83 Å². The number of amides is 1. The summed E-state index contributed by atoms with van der Waals surface area (Å²) in [5.74, 6) is 0.152. The molecular formula is C17H17N3O2S2. The number of carbonyl (C=O) groups excluding carboxylic acids is 1. The van der Waals surface area contributed by atoms with E-state index in [1.54, 1.807) is 11.6 Å². The highest BCUT2D eigenvalue weighted by atomic mass is 32.2. The molecule has 124 valence electrons. The summed E-state index contributed by atoms with van der Waals surface area (Å²) in [4.78, 5) is 29.8. The van der Waals surface area contributed by atoms with Crippen LogP contribution in [0.15, 0.2) is 45.7 Å². The van der Waals surface area contributed by atoms with Crippen LogP contribution in [0.25, 0.3) is 21.3 Å². The lowest BCUT2D eigenvalue weighted by atomic mass is 10.1. The molecule has 0 fully saturated rings. The van der Waals surface area contributed by atoms with Crippen molar-refractivity contribution >= 4 is 39.2 Å². The summed E-state index contributed by atoms with van der Waals surface area (Å²) in [7, 11) is 1.60. The number of hydrogen-bond acceptors (Lipinski definition) is 5. The minimum absolute atomic E-state index is 0.0537. The van der Waals surface area contributed by atoms with Crippen molar-refractivity contribution in [3.05, 3.63) is 46.1 Å². The number of thioether (sulfide) groups is 1. The van der Waals surface area contributed by atoms with Gasteiger partial charge >= 0.3 is 0 Å². The number of thiophene rings is 1. The standard InChI is InChI=1S/C17H17N3O2S2/c1-3-20-16(22)14-12(11-7-5-4-6-8-11)9-23-15(14)19-17(20)24-10-13(21)18-2/h4-9H,3,10H2,1-2H3,(H,18,21). The molecule has 0 unspecified atom stereocenters. The Hall–Kier alpha value is -2.12. The van der Waals surface area contributed by atoms with E-state index in [4.69, 9.17) is 0 Å². The molecule has 0 saturated carbocycles. The Morgan fingerprint density at radius 3 is 2.75 bits per heavy atom. The lowest BCUT2D eigenvalue weighted by Gasteiger charge is -2.10. The topological polar surface area (TPSA) is 64.0 Å². The Balaban J connectivity index is 2.12. The predicted molar refractivity (Wildman–Crippen MR) is 99.8 cm³/mol. The zero-order chi connectivity index (χ0) is 17.1. The summed E-state index contributed by atoms with van der Waals surface area (Å²) in [6.07, 6.45) is 0. The Bertz CT molecular complexity index is 932. The normalized spacial score (nSPS) is 10.9. The SMILES string of the molecule is CCn1c(SCC(=O)NC)nc2scc(-c3ccccc3)c2c1=O. The third-order valence-electron chi connectivity index (χ3n) is 3.67. The summed E-state index contributed by atoms with van der Waals surface area (Å²) >= 11 is 2.74. The molecule has 1 N–H and O–H groups in total. The molecule has 5 nitrogen and oxygen atoms in total. The first kappa shape index (κ1) is 16.7. The average Bonchev–Trinajstić information content (AvgIpc) is 3.04. The van der Waals surface area contributed by atoms with E-state index in [9.17, 15) is 9.59 Å². The quantitative estimate of drug-likeness (QED) is 0.562. The number of hydrogen-bond donors (Lipinski definition) is 1. The summed E-state index contributed by atoms with van der Waals surface area (Å²) in [5.41, 5.74) is 1.87. The molecule has 0 atom stereocenters. The fourth-order valence-corrected chi connectivity index (χ4v) is 4.35. The monoisotopic (exact) mass is 359 g/mol. The second-order valence-electron chi connectivity index (χ2n) is 5.10. The van der Waals surface area contributed by atoms with Gasteiger partial charge in [-0.15, -0.1) is 11.3 Å². The molecule has 0 aliphatic heterocycles. The van der Waals surface area contributed by atoms with Crippen LogP contribution in [-0.2, 0) is 11.3 Å². The van der Waals surface area contributed by atoms with E-state index in [1.165, 1.54) is 23.1 Å². The number of benzene rings is 1. The van der Waals surface area contributed by atoms with Crippen molar-refractivity contribution in [1.29, 1.82) is 0 Å². The maximum atomic E-state index is 13.0. The smallest absolute Gasteiger partial charge is 0.263 e. The van der Waals surface area contributed by atoms with E-state index >= 15 is 0 Å². The van der Waals surface area contributed by atoms with Crippen LogP contribution in [0.5, 0.6) is 0 Å². The van der Waals surface area contributed by atoms with Gasteiger partial charge in [0.25, 0.3) is 5.56 Å². The first-order chi connectivity index (χ1) is 11.7. The van der Waals surface area contributed by atoms with Gasteiger partial charge in [-0.05, 0) is 12.5 Å². The van der Waals surface area contributed by atoms with Gasteiger partial charge in [0.15, 0.2) is 5.16 Å². The van der Waals surface area contributed by atoms with E-state index in [0.717, 1.165) is 11.1 Å². The van der Waals surface area contributed by atoms with E-state index in [-0.39, 0.29) is 17.2 Å². The molecule has 1 amide bonds. The molecule has 0 saturated heterocycles. The minimum atomic E-state index is -0.0897. The highest BCUT2D eigenvalue weighted by Crippen LogP contribution is 2.32. The molecule has 3 rings (SSSR count). The molecule has 0 aliphatic rings. The number of aromatic nitrogens is 2. The molecule has 24 heavy (non-hydrogen) atoms. The highest BCUT2D eigenvalue weighted by molar-refractivity contribution is 7.99. The molecule has 0 aliphatic carbocycles. The summed E-state index contributed by atoms with van der Waals surface area (Å²) in [5, 5.41) is 5.79. The van der Waals surface area contributed by atoms with Crippen LogP contribution in [0.4, 0.5) is 0 Å². The van der Waals surface area contributed by atoms with Gasteiger partial charge in [0.2, 0.25) is 5.91 Å². The fraction of sp³-hybridized carbons (Fsp3) is 0.235. The van der Waals surface area contributed by atoms with Crippen LogP contribution in [0.3, 0.4) is 0 Å². The number of nitrogens with zero attached hydrogens (tertiary/aromatic N) is 2. The number of fused-ring (bicyclic) bond motifs is 1. The Morgan fingerprint density at radius 1 is 1.33 bits per heavy atom. The molecule has 7 heteroatoms. The van der Waals surface area contributed by atoms with Crippen molar-refractivity contribution in [3.8, 4) is 11.1 Å². The number of nitrogens with one attached hydrogen (secondary N) is 1. The van der Waals surface area contributed by atoms with Crippen molar-refractivity contribution in [1.82, 2.24) is 14.9 Å². The maximum absolute atomic E-state index is 13.0. The van der Waals surface area contributed by atoms with E-state index in [1.807, 2.05) is 42.6 Å². The number of carbonyl (C=O) groups is 1. The van der Waals surface area contributed by atoms with Crippen LogP contribution in [-0.4, -0.2) is 28.3 Å². The van der Waals surface area contributed by atoms with E-state index in [0.29, 0.717) is 21.9 Å². The molecule has 1 aromatic carbocycles. The lowest BCUT2D eigenvalue weighted by Crippen LogP contribution is -2.24. The van der Waals surface area contributed by atoms with Gasteiger partial charge in [-0.2, -0.15) is 0 Å². The highest BCUT2D eigenvalue weighted by Gasteiger charge is 2.17. The van der Waals surface area contributed by atoms with Gasteiger partial charge in [-0.3, -0.25) is 14.2 Å². The van der Waals surface area contributed by atoms with E-state index < -0.39 is 0 Å². The minimum Gasteiger partial charge on any atom is -0.358 e. The van der Waals surface area contributed by atoms with Crippen molar-refractivity contribution < 1.29 is 4.79 Å². The maximum Gasteiger partial charge on any atom is 0.263 e. The molecule has 0 radical (unpaired) electrons. The molecular weight excluding hydrogens is 342 g/mol. The second-order valence-corrected chi connectivity index (χ2v) is 6.90. The van der Waals surface area contributed by atoms with Crippen molar-refractivity contribution in [2.24, 2.45) is 0 Å². The van der Waals surface area contributed by atoms with Crippen LogP contribution in [0, 0.1) is 0 Å². The van der Waals surface area contributed by atoms with Gasteiger partial charge in [0.05, 0.1) is 11.1 Å². The molecule has 3 aromatic rings. The Kier molecular flexibility index (Phi) is 5.01. The largest absolute Gasteiger partial charge is 0.358 e. The molecule has 0 bridgehead atoms. The third-order valence-corrected chi connectivity index (χ3v) is 5.52. The van der Waals surface area contributed by atoms with Gasteiger partial charge in [0, 0.05) is 24.5 Å². The van der Waals surface area contributed by atoms with Crippen molar-refractivity contribution in [2.75, 3.05) is 12.8 Å². The number of rotatable bonds is 5. The predicted octanol–water partition coefficient (Wildman–Crippen LogP) is 2.98. The molecule has 2 heterocycles. The van der Waals surface area contributed by atoms with Gasteiger partial charge in [-0.25, -0.2) is 4.98 Å². The summed E-state index contributed by atoms with van der Waals surface area (Å²) in [6, 6.07) is 9.85. The average molecular weight is 359 g/mol. The van der Waals surface area contributed by atoms with Crippen molar-refractivity contribution in [2.45, 2.75) is 18.6 Å².